The number of thiophene rings is 1. The van der Waals surface area contributed by atoms with Crippen molar-refractivity contribution in [1.29, 1.82) is 0 Å². The van der Waals surface area contributed by atoms with Gasteiger partial charge in [-0.1, -0.05) is 18.2 Å². The minimum atomic E-state index is 0.688. The lowest BCUT2D eigenvalue weighted by Crippen LogP contribution is -2.46. The van der Waals surface area contributed by atoms with Crippen molar-refractivity contribution in [3.05, 3.63) is 46.8 Å². The monoisotopic (exact) mass is 397 g/mol. The molecule has 4 aromatic rings. The molecule has 1 fully saturated rings. The first kappa shape index (κ1) is 16.9. The van der Waals surface area contributed by atoms with Crippen LogP contribution in [0.15, 0.2) is 41.8 Å². The highest BCUT2D eigenvalue weighted by atomic mass is 32.1. The van der Waals surface area contributed by atoms with Crippen molar-refractivity contribution < 1.29 is 0 Å². The van der Waals surface area contributed by atoms with E-state index in [1.54, 1.807) is 27.5 Å². The molecule has 0 atom stereocenters. The molecule has 138 valence electrons. The second kappa shape index (κ2) is 7.43. The van der Waals surface area contributed by atoms with Crippen LogP contribution in [0.3, 0.4) is 0 Å². The van der Waals surface area contributed by atoms with Gasteiger partial charge in [0, 0.05) is 26.2 Å². The Hall–Kier alpha value is -2.20. The predicted molar refractivity (Wildman–Crippen MR) is 108 cm³/mol. The van der Waals surface area contributed by atoms with Gasteiger partial charge in [-0.25, -0.2) is 4.98 Å². The summed E-state index contributed by atoms with van der Waals surface area (Å²) < 4.78 is 1.27. The Morgan fingerprint density at radius 1 is 0.963 bits per heavy atom. The number of para-hydroxylation sites is 1. The zero-order valence-electron chi connectivity index (χ0n) is 14.7. The van der Waals surface area contributed by atoms with Crippen LogP contribution in [0.4, 0.5) is 0 Å². The summed E-state index contributed by atoms with van der Waals surface area (Å²) in [5.41, 5.74) is 1.11. The smallest absolute Gasteiger partial charge is 0.214 e. The zero-order chi connectivity index (χ0) is 18.1. The molecule has 1 aromatic carbocycles. The van der Waals surface area contributed by atoms with Gasteiger partial charge in [-0.05, 0) is 28.8 Å². The standard InChI is InChI=1S/C18H19N7S2/c1-2-5-15-14(4-1)19-17(27-15)12-23-7-9-24(10-8-23)13-25-21-18(20-22-25)16-6-3-11-26-16/h1-6,11H,7-10,12-13H2. The third-order valence-corrected chi connectivity index (χ3v) is 6.57. The predicted octanol–water partition coefficient (Wildman–Crippen LogP) is 2.79. The highest BCUT2D eigenvalue weighted by Gasteiger charge is 2.19. The van der Waals surface area contributed by atoms with Crippen LogP contribution in [0.25, 0.3) is 20.9 Å². The molecule has 0 saturated carbocycles. The molecule has 5 rings (SSSR count). The van der Waals surface area contributed by atoms with Crippen molar-refractivity contribution in [2.75, 3.05) is 26.2 Å². The number of hydrogen-bond acceptors (Lipinski definition) is 8. The average molecular weight is 398 g/mol. The third kappa shape index (κ3) is 3.77. The van der Waals surface area contributed by atoms with Crippen LogP contribution in [-0.2, 0) is 13.2 Å². The normalized spacial score (nSPS) is 16.3. The largest absolute Gasteiger partial charge is 0.294 e. The van der Waals surface area contributed by atoms with Crippen molar-refractivity contribution in [1.82, 2.24) is 35.0 Å². The van der Waals surface area contributed by atoms with Crippen molar-refractivity contribution in [3.63, 3.8) is 0 Å². The molecule has 4 heterocycles. The molecule has 7 nitrogen and oxygen atoms in total. The number of fused-ring (bicyclic) bond motifs is 1. The van der Waals surface area contributed by atoms with E-state index in [-0.39, 0.29) is 0 Å². The van der Waals surface area contributed by atoms with Crippen molar-refractivity contribution in [2.45, 2.75) is 13.2 Å². The summed E-state index contributed by atoms with van der Waals surface area (Å²) in [6.07, 6.45) is 0. The van der Waals surface area contributed by atoms with E-state index in [1.807, 2.05) is 23.6 Å². The van der Waals surface area contributed by atoms with Crippen LogP contribution in [0.2, 0.25) is 0 Å². The Labute approximate surface area is 164 Å². The number of thiazole rings is 1. The number of benzene rings is 1. The van der Waals surface area contributed by atoms with Crippen LogP contribution >= 0.6 is 22.7 Å². The van der Waals surface area contributed by atoms with E-state index in [0.717, 1.165) is 43.1 Å². The summed E-state index contributed by atoms with van der Waals surface area (Å²) >= 11 is 3.43. The number of rotatable bonds is 5. The van der Waals surface area contributed by atoms with E-state index in [0.29, 0.717) is 12.5 Å². The number of piperazine rings is 1. The second-order valence-electron chi connectivity index (χ2n) is 6.57. The molecule has 1 saturated heterocycles. The summed E-state index contributed by atoms with van der Waals surface area (Å²) in [7, 11) is 0. The van der Waals surface area contributed by atoms with Gasteiger partial charge in [-0.15, -0.1) is 37.7 Å². The average Bonchev–Trinajstić information content (AvgIpc) is 3.43. The summed E-state index contributed by atoms with van der Waals surface area (Å²) in [5.74, 6) is 0.708. The Morgan fingerprint density at radius 2 is 1.81 bits per heavy atom. The molecule has 0 N–H and O–H groups in total. The summed E-state index contributed by atoms with van der Waals surface area (Å²) in [4.78, 5) is 12.3. The van der Waals surface area contributed by atoms with Crippen molar-refractivity contribution >= 4 is 32.9 Å². The van der Waals surface area contributed by atoms with Gasteiger partial charge in [0.25, 0.3) is 0 Å². The molecule has 0 aliphatic carbocycles. The van der Waals surface area contributed by atoms with Gasteiger partial charge in [0.2, 0.25) is 5.82 Å². The van der Waals surface area contributed by atoms with Gasteiger partial charge >= 0.3 is 0 Å². The van der Waals surface area contributed by atoms with Gasteiger partial charge < -0.3 is 0 Å². The minimum Gasteiger partial charge on any atom is -0.294 e. The molecule has 0 bridgehead atoms. The summed E-state index contributed by atoms with van der Waals surface area (Å²) in [5, 5.41) is 16.1. The fourth-order valence-corrected chi connectivity index (χ4v) is 4.91. The maximum atomic E-state index is 4.75. The van der Waals surface area contributed by atoms with Crippen LogP contribution in [0, 0.1) is 0 Å². The molecular weight excluding hydrogens is 378 g/mol. The van der Waals surface area contributed by atoms with E-state index in [2.05, 4.69) is 43.4 Å². The molecule has 3 aromatic heterocycles. The topological polar surface area (TPSA) is 63.0 Å². The van der Waals surface area contributed by atoms with E-state index in [9.17, 15) is 0 Å². The van der Waals surface area contributed by atoms with Crippen molar-refractivity contribution in [3.8, 4) is 10.7 Å². The minimum absolute atomic E-state index is 0.688. The lowest BCUT2D eigenvalue weighted by Gasteiger charge is -2.33. The van der Waals surface area contributed by atoms with E-state index < -0.39 is 0 Å². The number of aromatic nitrogens is 5. The first-order chi connectivity index (χ1) is 13.3. The maximum Gasteiger partial charge on any atom is 0.214 e. The third-order valence-electron chi connectivity index (χ3n) is 4.68. The zero-order valence-corrected chi connectivity index (χ0v) is 16.4. The molecule has 27 heavy (non-hydrogen) atoms. The highest BCUT2D eigenvalue weighted by molar-refractivity contribution is 7.18. The van der Waals surface area contributed by atoms with Crippen LogP contribution in [-0.4, -0.2) is 61.2 Å². The highest BCUT2D eigenvalue weighted by Crippen LogP contribution is 2.23. The Kier molecular flexibility index (Phi) is 4.66. The SMILES string of the molecule is c1csc(-c2nnn(CN3CCN(Cc4nc5ccccc5s4)CC3)n2)c1. The molecule has 9 heteroatoms. The van der Waals surface area contributed by atoms with E-state index >= 15 is 0 Å². The van der Waals surface area contributed by atoms with Crippen LogP contribution in [0.5, 0.6) is 0 Å². The molecule has 0 radical (unpaired) electrons. The van der Waals surface area contributed by atoms with Gasteiger partial charge in [-0.3, -0.25) is 9.80 Å². The molecule has 0 spiro atoms. The van der Waals surface area contributed by atoms with Crippen LogP contribution in [0.1, 0.15) is 5.01 Å². The lowest BCUT2D eigenvalue weighted by atomic mass is 10.3. The van der Waals surface area contributed by atoms with Gasteiger partial charge in [0.15, 0.2) is 0 Å². The van der Waals surface area contributed by atoms with E-state index in [1.165, 1.54) is 9.71 Å². The Morgan fingerprint density at radius 3 is 2.63 bits per heavy atom. The first-order valence-electron chi connectivity index (χ1n) is 8.94. The molecule has 0 unspecified atom stereocenters. The molecule has 0 amide bonds. The fraction of sp³-hybridized carbons (Fsp3) is 0.333. The molecule has 1 aliphatic rings. The van der Waals surface area contributed by atoms with Crippen LogP contribution < -0.4 is 0 Å². The summed E-state index contributed by atoms with van der Waals surface area (Å²) in [6.45, 7) is 5.68. The van der Waals surface area contributed by atoms with Gasteiger partial charge in [0.05, 0.1) is 21.6 Å². The number of hydrogen-bond donors (Lipinski definition) is 0. The van der Waals surface area contributed by atoms with E-state index in [4.69, 9.17) is 4.98 Å². The second-order valence-corrected chi connectivity index (χ2v) is 8.64. The lowest BCUT2D eigenvalue weighted by molar-refractivity contribution is 0.0930. The Balaban J connectivity index is 1.16. The number of tetrazole rings is 1. The first-order valence-corrected chi connectivity index (χ1v) is 10.6. The molecular formula is C18H19N7S2. The maximum absolute atomic E-state index is 4.75. The molecule has 1 aliphatic heterocycles. The Bertz CT molecular complexity index is 982. The van der Waals surface area contributed by atoms with Gasteiger partial charge in [0.1, 0.15) is 11.7 Å². The fourth-order valence-electron chi connectivity index (χ4n) is 3.25. The van der Waals surface area contributed by atoms with Crippen molar-refractivity contribution in [2.24, 2.45) is 0 Å². The summed E-state index contributed by atoms with van der Waals surface area (Å²) in [6, 6.07) is 12.4. The number of nitrogens with zero attached hydrogens (tertiary/aromatic N) is 7. The quantitative estimate of drug-likeness (QED) is 0.516. The van der Waals surface area contributed by atoms with Gasteiger partial charge in [-0.2, -0.15) is 0 Å².